The van der Waals surface area contributed by atoms with E-state index in [0.717, 1.165) is 30.9 Å². The second kappa shape index (κ2) is 10.7. The first-order valence-corrected chi connectivity index (χ1v) is 9.85. The van der Waals surface area contributed by atoms with E-state index in [9.17, 15) is 5.11 Å². The number of rotatable bonds is 7. The van der Waals surface area contributed by atoms with E-state index in [1.807, 2.05) is 44.2 Å². The van der Waals surface area contributed by atoms with Crippen LogP contribution in [0.2, 0.25) is 0 Å². The van der Waals surface area contributed by atoms with Gasteiger partial charge in [-0.25, -0.2) is 0 Å². The van der Waals surface area contributed by atoms with Crippen LogP contribution >= 0.6 is 12.4 Å². The summed E-state index contributed by atoms with van der Waals surface area (Å²) in [6.45, 7) is 7.21. The Kier molecular flexibility index (Phi) is 8.62. The highest BCUT2D eigenvalue weighted by molar-refractivity contribution is 5.85. The minimum atomic E-state index is -0.521. The molecule has 0 aromatic heterocycles. The third-order valence-electron chi connectivity index (χ3n) is 5.11. The van der Waals surface area contributed by atoms with E-state index >= 15 is 0 Å². The molecule has 1 saturated heterocycles. The maximum absolute atomic E-state index is 11.2. The summed E-state index contributed by atoms with van der Waals surface area (Å²) >= 11 is 0. The predicted molar refractivity (Wildman–Crippen MR) is 114 cm³/mol. The molecule has 0 radical (unpaired) electrons. The highest BCUT2D eigenvalue weighted by Crippen LogP contribution is 2.33. The van der Waals surface area contributed by atoms with Crippen LogP contribution in [-0.2, 0) is 0 Å². The van der Waals surface area contributed by atoms with Gasteiger partial charge in [-0.15, -0.1) is 12.4 Å². The molecule has 3 rings (SSSR count). The monoisotopic (exact) mass is 389 g/mol. The van der Waals surface area contributed by atoms with Gasteiger partial charge in [0, 0.05) is 12.5 Å². The fraction of sp³-hybridized carbons (Fsp3) is 0.478. The zero-order valence-electron chi connectivity index (χ0n) is 16.4. The van der Waals surface area contributed by atoms with Crippen LogP contribution in [0.15, 0.2) is 54.6 Å². The predicted octanol–water partition coefficient (Wildman–Crippen LogP) is 5.20. The number of aliphatic hydroxyl groups is 1. The molecule has 0 bridgehead atoms. The smallest absolute Gasteiger partial charge is 0.119 e. The minimum Gasteiger partial charge on any atom is -0.491 e. The number of hydrogen-bond donors (Lipinski definition) is 1. The Balaban J connectivity index is 0.00000261. The van der Waals surface area contributed by atoms with Crippen molar-refractivity contribution in [2.75, 3.05) is 19.6 Å². The first kappa shape index (κ1) is 21.7. The highest BCUT2D eigenvalue weighted by Gasteiger charge is 2.26. The summed E-state index contributed by atoms with van der Waals surface area (Å²) in [5.74, 6) is 0.925. The Morgan fingerprint density at radius 1 is 0.889 bits per heavy atom. The maximum Gasteiger partial charge on any atom is 0.119 e. The average Bonchev–Trinajstić information content (AvgIpc) is 2.67. The number of halogens is 1. The van der Waals surface area contributed by atoms with Crippen LogP contribution in [0.1, 0.15) is 56.3 Å². The Morgan fingerprint density at radius 3 is 2.11 bits per heavy atom. The quantitative estimate of drug-likeness (QED) is 0.706. The van der Waals surface area contributed by atoms with Crippen LogP contribution in [0.3, 0.4) is 0 Å². The van der Waals surface area contributed by atoms with E-state index in [4.69, 9.17) is 4.74 Å². The van der Waals surface area contributed by atoms with Crippen molar-refractivity contribution in [2.45, 2.75) is 51.2 Å². The summed E-state index contributed by atoms with van der Waals surface area (Å²) in [7, 11) is 0. The minimum absolute atomic E-state index is 0. The van der Waals surface area contributed by atoms with Crippen molar-refractivity contribution in [1.82, 2.24) is 4.90 Å². The summed E-state index contributed by atoms with van der Waals surface area (Å²) in [6.07, 6.45) is 3.48. The van der Waals surface area contributed by atoms with Gasteiger partial charge in [-0.3, -0.25) is 0 Å². The van der Waals surface area contributed by atoms with Gasteiger partial charge in [0.15, 0.2) is 0 Å². The van der Waals surface area contributed by atoms with Crippen LogP contribution < -0.4 is 4.74 Å². The molecule has 27 heavy (non-hydrogen) atoms. The van der Waals surface area contributed by atoms with Gasteiger partial charge in [-0.1, -0.05) is 48.9 Å². The fourth-order valence-electron chi connectivity index (χ4n) is 3.76. The van der Waals surface area contributed by atoms with E-state index in [1.165, 1.54) is 24.8 Å². The van der Waals surface area contributed by atoms with Gasteiger partial charge < -0.3 is 14.7 Å². The van der Waals surface area contributed by atoms with Crippen molar-refractivity contribution in [2.24, 2.45) is 0 Å². The lowest BCUT2D eigenvalue weighted by atomic mass is 9.88. The molecule has 2 atom stereocenters. The summed E-state index contributed by atoms with van der Waals surface area (Å²) < 4.78 is 5.73. The molecule has 148 valence electrons. The lowest BCUT2D eigenvalue weighted by Gasteiger charge is -2.33. The standard InChI is InChI=1S/C23H31NO2.ClH/c1-18(2)26-21-13-11-20(12-14-21)23(25)22(19-9-5-3-6-10-19)17-24-15-7-4-8-16-24;/h3,5-6,9-14,18,22-23,25H,4,7-8,15-17H2,1-2H3;1H. The first-order chi connectivity index (χ1) is 12.6. The summed E-state index contributed by atoms with van der Waals surface area (Å²) in [6, 6.07) is 18.3. The number of ether oxygens (including phenoxy) is 1. The Bertz CT molecular complexity index is 654. The van der Waals surface area contributed by atoms with Crippen molar-refractivity contribution < 1.29 is 9.84 Å². The van der Waals surface area contributed by atoms with Crippen LogP contribution in [-0.4, -0.2) is 35.7 Å². The second-order valence-corrected chi connectivity index (χ2v) is 7.56. The molecule has 0 saturated carbocycles. The van der Waals surface area contributed by atoms with E-state index in [0.29, 0.717) is 0 Å². The van der Waals surface area contributed by atoms with Crippen LogP contribution in [0.4, 0.5) is 0 Å². The van der Waals surface area contributed by atoms with Crippen molar-refractivity contribution in [3.05, 3.63) is 65.7 Å². The molecule has 1 fully saturated rings. The van der Waals surface area contributed by atoms with E-state index in [2.05, 4.69) is 29.2 Å². The van der Waals surface area contributed by atoms with Gasteiger partial charge in [0.1, 0.15) is 5.75 Å². The molecular formula is C23H32ClNO2. The number of aliphatic hydroxyl groups excluding tert-OH is 1. The van der Waals surface area contributed by atoms with Gasteiger partial charge in [0.25, 0.3) is 0 Å². The van der Waals surface area contributed by atoms with Crippen molar-refractivity contribution in [3.63, 3.8) is 0 Å². The molecule has 0 spiro atoms. The largest absolute Gasteiger partial charge is 0.491 e. The Labute approximate surface area is 169 Å². The number of hydrogen-bond acceptors (Lipinski definition) is 3. The van der Waals surface area contributed by atoms with E-state index in [1.54, 1.807) is 0 Å². The molecule has 1 aliphatic rings. The molecule has 0 aliphatic carbocycles. The van der Waals surface area contributed by atoms with Gasteiger partial charge in [0.05, 0.1) is 12.2 Å². The van der Waals surface area contributed by atoms with Crippen molar-refractivity contribution in [1.29, 1.82) is 0 Å². The zero-order valence-corrected chi connectivity index (χ0v) is 17.2. The molecule has 2 aromatic rings. The topological polar surface area (TPSA) is 32.7 Å². The fourth-order valence-corrected chi connectivity index (χ4v) is 3.76. The highest BCUT2D eigenvalue weighted by atomic mass is 35.5. The number of nitrogens with zero attached hydrogens (tertiary/aromatic N) is 1. The number of benzene rings is 2. The molecule has 2 unspecified atom stereocenters. The molecule has 1 aliphatic heterocycles. The molecule has 3 nitrogen and oxygen atoms in total. The van der Waals surface area contributed by atoms with E-state index in [-0.39, 0.29) is 24.4 Å². The molecular weight excluding hydrogens is 358 g/mol. The maximum atomic E-state index is 11.2. The summed E-state index contributed by atoms with van der Waals surface area (Å²) in [5, 5.41) is 11.2. The lowest BCUT2D eigenvalue weighted by Crippen LogP contribution is -2.35. The molecule has 1 N–H and O–H groups in total. The van der Waals surface area contributed by atoms with Gasteiger partial charge in [-0.2, -0.15) is 0 Å². The van der Waals surface area contributed by atoms with Gasteiger partial charge in [-0.05, 0) is 63.0 Å². The first-order valence-electron chi connectivity index (χ1n) is 9.85. The summed E-state index contributed by atoms with van der Waals surface area (Å²) in [5.41, 5.74) is 2.15. The van der Waals surface area contributed by atoms with Gasteiger partial charge >= 0.3 is 0 Å². The normalized spacial score (nSPS) is 17.2. The Morgan fingerprint density at radius 2 is 1.52 bits per heavy atom. The molecule has 4 heteroatoms. The number of piperidine rings is 1. The van der Waals surface area contributed by atoms with Crippen LogP contribution in [0, 0.1) is 0 Å². The lowest BCUT2D eigenvalue weighted by molar-refractivity contribution is 0.109. The SMILES string of the molecule is CC(C)Oc1ccc(C(O)C(CN2CCCCC2)c2ccccc2)cc1.Cl. The van der Waals surface area contributed by atoms with Crippen molar-refractivity contribution >= 4 is 12.4 Å². The number of likely N-dealkylation sites (tertiary alicyclic amines) is 1. The van der Waals surface area contributed by atoms with Crippen LogP contribution in [0.5, 0.6) is 5.75 Å². The third kappa shape index (κ3) is 6.24. The van der Waals surface area contributed by atoms with Gasteiger partial charge in [0.2, 0.25) is 0 Å². The average molecular weight is 390 g/mol. The van der Waals surface area contributed by atoms with Crippen molar-refractivity contribution in [3.8, 4) is 5.75 Å². The van der Waals surface area contributed by atoms with E-state index < -0.39 is 6.10 Å². The second-order valence-electron chi connectivity index (χ2n) is 7.56. The molecule has 2 aromatic carbocycles. The Hall–Kier alpha value is -1.55. The molecule has 1 heterocycles. The zero-order chi connectivity index (χ0) is 18.4. The third-order valence-corrected chi connectivity index (χ3v) is 5.11. The van der Waals surface area contributed by atoms with Crippen LogP contribution in [0.25, 0.3) is 0 Å². The summed E-state index contributed by atoms with van der Waals surface area (Å²) in [4.78, 5) is 2.50. The molecule has 0 amide bonds.